The first kappa shape index (κ1) is 18.3. The molecule has 0 aliphatic carbocycles. The molecule has 0 aliphatic rings. The van der Waals surface area contributed by atoms with Crippen LogP contribution in [-0.4, -0.2) is 21.1 Å². The van der Waals surface area contributed by atoms with Crippen LogP contribution in [0.3, 0.4) is 0 Å². The van der Waals surface area contributed by atoms with Crippen LogP contribution in [0.2, 0.25) is 0 Å². The van der Waals surface area contributed by atoms with Gasteiger partial charge in [-0.25, -0.2) is 0 Å². The molecule has 0 aliphatic heterocycles. The molecule has 0 unspecified atom stereocenters. The Labute approximate surface area is 154 Å². The summed E-state index contributed by atoms with van der Waals surface area (Å²) in [7, 11) is 0. The molecule has 10 heteroatoms. The van der Waals surface area contributed by atoms with E-state index >= 15 is 0 Å². The van der Waals surface area contributed by atoms with Crippen LogP contribution in [0.15, 0.2) is 53.0 Å². The van der Waals surface area contributed by atoms with Gasteiger partial charge in [0.25, 0.3) is 5.91 Å². The van der Waals surface area contributed by atoms with Gasteiger partial charge in [0.15, 0.2) is 4.34 Å². The lowest BCUT2D eigenvalue weighted by molar-refractivity contribution is -0.141. The summed E-state index contributed by atoms with van der Waals surface area (Å²) >= 11 is 2.67. The topological polar surface area (TPSA) is 67.8 Å². The van der Waals surface area contributed by atoms with Crippen molar-refractivity contribution in [3.8, 4) is 0 Å². The van der Waals surface area contributed by atoms with Gasteiger partial charge in [-0.1, -0.05) is 53.4 Å². The summed E-state index contributed by atoms with van der Waals surface area (Å²) in [5.74, 6) is 0.119. The second-order valence-electron chi connectivity index (χ2n) is 5.03. The molecule has 0 fully saturated rings. The number of anilines is 1. The van der Waals surface area contributed by atoms with E-state index in [0.717, 1.165) is 23.9 Å². The predicted molar refractivity (Wildman–Crippen MR) is 93.1 cm³/mol. The van der Waals surface area contributed by atoms with E-state index in [4.69, 9.17) is 0 Å². The van der Waals surface area contributed by atoms with Gasteiger partial charge in [-0.3, -0.25) is 15.1 Å². The average Bonchev–Trinajstić information content (AvgIpc) is 3.07. The number of hydrogen-bond acceptors (Lipinski definition) is 6. The molecule has 2 aromatic heterocycles. The van der Waals surface area contributed by atoms with Crippen molar-refractivity contribution < 1.29 is 18.0 Å². The van der Waals surface area contributed by atoms with Crippen molar-refractivity contribution in [1.82, 2.24) is 15.2 Å². The number of alkyl halides is 3. The van der Waals surface area contributed by atoms with Crippen LogP contribution in [0.5, 0.6) is 0 Å². The molecular formula is C16H11F3N4OS2. The fourth-order valence-electron chi connectivity index (χ4n) is 1.90. The van der Waals surface area contributed by atoms with Crippen molar-refractivity contribution in [2.75, 3.05) is 5.32 Å². The Morgan fingerprint density at radius 1 is 1.12 bits per heavy atom. The second-order valence-corrected chi connectivity index (χ2v) is 7.23. The first-order valence-corrected chi connectivity index (χ1v) is 9.07. The van der Waals surface area contributed by atoms with Gasteiger partial charge in [0.2, 0.25) is 5.13 Å². The van der Waals surface area contributed by atoms with Crippen molar-refractivity contribution in [2.45, 2.75) is 16.3 Å². The standard InChI is InChI=1S/C16H11F3N4OS2/c17-16(18,19)12-7-6-11(8-20-12)13(24)21-14-22-23-15(26-14)25-9-10-4-2-1-3-5-10/h1-8H,9H2,(H,21,22,24). The van der Waals surface area contributed by atoms with Gasteiger partial charge in [-0.15, -0.1) is 10.2 Å². The Morgan fingerprint density at radius 2 is 1.88 bits per heavy atom. The number of carbonyl (C=O) groups excluding carboxylic acids is 1. The Bertz CT molecular complexity index is 883. The Balaban J connectivity index is 1.59. The Kier molecular flexibility index (Phi) is 5.52. The normalized spacial score (nSPS) is 11.3. The molecular weight excluding hydrogens is 385 g/mol. The van der Waals surface area contributed by atoms with Gasteiger partial charge in [0, 0.05) is 11.9 Å². The van der Waals surface area contributed by atoms with E-state index in [0.29, 0.717) is 10.1 Å². The third-order valence-electron chi connectivity index (χ3n) is 3.15. The molecule has 0 saturated carbocycles. The maximum atomic E-state index is 12.5. The maximum absolute atomic E-state index is 12.5. The summed E-state index contributed by atoms with van der Waals surface area (Å²) < 4.78 is 38.1. The molecule has 3 aromatic rings. The molecule has 1 amide bonds. The number of hydrogen-bond donors (Lipinski definition) is 1. The monoisotopic (exact) mass is 396 g/mol. The molecule has 3 rings (SSSR count). The van der Waals surface area contributed by atoms with Crippen LogP contribution < -0.4 is 5.32 Å². The lowest BCUT2D eigenvalue weighted by Gasteiger charge is -2.06. The van der Waals surface area contributed by atoms with Gasteiger partial charge in [-0.05, 0) is 17.7 Å². The first-order chi connectivity index (χ1) is 12.4. The largest absolute Gasteiger partial charge is 0.433 e. The van der Waals surface area contributed by atoms with Gasteiger partial charge in [0.1, 0.15) is 5.69 Å². The van der Waals surface area contributed by atoms with Gasteiger partial charge < -0.3 is 0 Å². The molecule has 0 spiro atoms. The van der Waals surface area contributed by atoms with Gasteiger partial charge in [0.05, 0.1) is 5.56 Å². The molecule has 26 heavy (non-hydrogen) atoms. The highest BCUT2D eigenvalue weighted by Crippen LogP contribution is 2.29. The number of carbonyl (C=O) groups is 1. The van der Waals surface area contributed by atoms with Crippen molar-refractivity contribution in [3.05, 3.63) is 65.5 Å². The average molecular weight is 396 g/mol. The number of rotatable bonds is 5. The fraction of sp³-hybridized carbons (Fsp3) is 0.125. The number of amides is 1. The van der Waals surface area contributed by atoms with Crippen molar-refractivity contribution in [2.24, 2.45) is 0 Å². The van der Waals surface area contributed by atoms with Crippen LogP contribution in [-0.2, 0) is 11.9 Å². The van der Waals surface area contributed by atoms with Crippen LogP contribution in [0, 0.1) is 0 Å². The van der Waals surface area contributed by atoms with Crippen LogP contribution in [0.4, 0.5) is 18.3 Å². The van der Waals surface area contributed by atoms with Crippen LogP contribution in [0.25, 0.3) is 0 Å². The minimum Gasteiger partial charge on any atom is -0.296 e. The highest BCUT2D eigenvalue weighted by atomic mass is 32.2. The summed E-state index contributed by atoms with van der Waals surface area (Å²) in [6, 6.07) is 11.6. The third kappa shape index (κ3) is 4.79. The highest BCUT2D eigenvalue weighted by molar-refractivity contribution is 8.00. The zero-order chi connectivity index (χ0) is 18.6. The molecule has 5 nitrogen and oxygen atoms in total. The zero-order valence-electron chi connectivity index (χ0n) is 13.0. The van der Waals surface area contributed by atoms with Crippen molar-refractivity contribution in [1.29, 1.82) is 0 Å². The van der Waals surface area contributed by atoms with E-state index in [1.54, 1.807) is 0 Å². The summed E-state index contributed by atoms with van der Waals surface area (Å²) in [6.45, 7) is 0. The molecule has 134 valence electrons. The highest BCUT2D eigenvalue weighted by Gasteiger charge is 2.32. The Hall–Kier alpha value is -2.46. The molecule has 1 N–H and O–H groups in total. The minimum absolute atomic E-state index is 0.00619. The van der Waals surface area contributed by atoms with E-state index < -0.39 is 17.8 Å². The fourth-order valence-corrected chi connectivity index (χ4v) is 3.61. The summed E-state index contributed by atoms with van der Waals surface area (Å²) in [6.07, 6.45) is -3.66. The van der Waals surface area contributed by atoms with E-state index in [-0.39, 0.29) is 10.7 Å². The number of pyridine rings is 1. The molecule has 0 atom stereocenters. The summed E-state index contributed by atoms with van der Waals surface area (Å²) in [5, 5.41) is 10.6. The van der Waals surface area contributed by atoms with E-state index in [2.05, 4.69) is 20.5 Å². The molecule has 0 bridgehead atoms. The van der Waals surface area contributed by atoms with Crippen molar-refractivity contribution >= 4 is 34.1 Å². The first-order valence-electron chi connectivity index (χ1n) is 7.26. The molecule has 2 heterocycles. The smallest absolute Gasteiger partial charge is 0.296 e. The van der Waals surface area contributed by atoms with E-state index in [1.807, 2.05) is 30.3 Å². The SMILES string of the molecule is O=C(Nc1nnc(SCc2ccccc2)s1)c1ccc(C(F)(F)F)nc1. The lowest BCUT2D eigenvalue weighted by Crippen LogP contribution is -2.14. The number of thioether (sulfide) groups is 1. The Morgan fingerprint density at radius 3 is 2.54 bits per heavy atom. The number of benzene rings is 1. The van der Waals surface area contributed by atoms with E-state index in [1.165, 1.54) is 23.1 Å². The van der Waals surface area contributed by atoms with Gasteiger partial charge in [-0.2, -0.15) is 13.2 Å². The van der Waals surface area contributed by atoms with Crippen molar-refractivity contribution in [3.63, 3.8) is 0 Å². The number of nitrogens with one attached hydrogen (secondary N) is 1. The van der Waals surface area contributed by atoms with Gasteiger partial charge >= 0.3 is 6.18 Å². The van der Waals surface area contributed by atoms with E-state index in [9.17, 15) is 18.0 Å². The minimum atomic E-state index is -4.54. The predicted octanol–water partition coefficient (Wildman–Crippen LogP) is 4.50. The molecule has 0 saturated heterocycles. The third-order valence-corrected chi connectivity index (χ3v) is 5.19. The number of nitrogens with zero attached hydrogens (tertiary/aromatic N) is 3. The van der Waals surface area contributed by atoms with Crippen LogP contribution in [0.1, 0.15) is 21.6 Å². The van der Waals surface area contributed by atoms with Crippen LogP contribution >= 0.6 is 23.1 Å². The summed E-state index contributed by atoms with van der Waals surface area (Å²) in [5.41, 5.74) is 0.0883. The molecule has 1 aromatic carbocycles. The lowest BCUT2D eigenvalue weighted by atomic mass is 10.2. The maximum Gasteiger partial charge on any atom is 0.433 e. The quantitative estimate of drug-likeness (QED) is 0.508. The second kappa shape index (κ2) is 7.83. The number of halogens is 3. The number of aromatic nitrogens is 3. The molecule has 0 radical (unpaired) electrons. The summed E-state index contributed by atoms with van der Waals surface area (Å²) in [4.78, 5) is 15.3. The zero-order valence-corrected chi connectivity index (χ0v) is 14.7.